The normalized spacial score (nSPS) is 25.4. The molecule has 48 heavy (non-hydrogen) atoms. The van der Waals surface area contributed by atoms with Crippen LogP contribution in [-0.2, 0) is 26.5 Å². The summed E-state index contributed by atoms with van der Waals surface area (Å²) in [5.74, 6) is -0.802. The molecule has 4 heterocycles. The van der Waals surface area contributed by atoms with Crippen molar-refractivity contribution in [1.82, 2.24) is 14.7 Å². The van der Waals surface area contributed by atoms with Gasteiger partial charge < -0.3 is 24.4 Å². The molecular formula is C36H39BrN4O6Si. The standard InChI is InChI=1S/C36H39BrN4O6Si/c1-22-33(48(2,3)46)31(18-32(43)39-15-7-11-27(39)21-42)47-36(22)29-17-25(37)13-14-30(29)40(35(36)45)20-23-8-6-10-26(16-23)41-34(44)28-12-5-4-9-24(28)19-38-41/h4-6,8-10,12-14,16-17,19,22,27,31,33,42,46H,7,11,15,18,20-21H2,1-3H3/t22-,27+,31+,33-,36+/m1/s1. The van der Waals surface area contributed by atoms with Gasteiger partial charge in [0.05, 0.1) is 54.7 Å². The number of aromatic nitrogens is 2. The molecule has 0 bridgehead atoms. The largest absolute Gasteiger partial charge is 0.432 e. The number of likely N-dealkylation sites (tertiary alicyclic amines) is 1. The third-order valence-corrected chi connectivity index (χ3v) is 13.4. The number of nitrogens with zero attached hydrogens (tertiary/aromatic N) is 4. The van der Waals surface area contributed by atoms with Crippen molar-refractivity contribution in [2.45, 2.75) is 69.1 Å². The first kappa shape index (κ1) is 32.8. The summed E-state index contributed by atoms with van der Waals surface area (Å²) in [6, 6.07) is 20.2. The molecule has 3 aliphatic heterocycles. The molecule has 3 aromatic carbocycles. The maximum absolute atomic E-state index is 14.8. The van der Waals surface area contributed by atoms with E-state index < -0.39 is 31.5 Å². The van der Waals surface area contributed by atoms with Gasteiger partial charge in [-0.15, -0.1) is 0 Å². The summed E-state index contributed by atoms with van der Waals surface area (Å²) in [4.78, 5) is 56.9. The first-order valence-electron chi connectivity index (χ1n) is 16.4. The second-order valence-corrected chi connectivity index (χ2v) is 18.7. The SMILES string of the molecule is C[C@@H]1[C@@H]([Si](C)(C)O)[C@H](CC(=O)N2CCC[C@H]2CO)O[C@@]12C(=O)N(Cc1cccc(-n3ncc4ccccc4c3=O)c1)c1ccc(Br)cc12. The van der Waals surface area contributed by atoms with Gasteiger partial charge in [0.1, 0.15) is 0 Å². The van der Waals surface area contributed by atoms with Gasteiger partial charge in [0, 0.05) is 33.4 Å². The maximum atomic E-state index is 14.8. The number of anilines is 1. The predicted octanol–water partition coefficient (Wildman–Crippen LogP) is 4.87. The molecule has 2 N–H and O–H groups in total. The van der Waals surface area contributed by atoms with Gasteiger partial charge in [-0.3, -0.25) is 14.4 Å². The lowest BCUT2D eigenvalue weighted by molar-refractivity contribution is -0.150. The van der Waals surface area contributed by atoms with E-state index in [0.717, 1.165) is 28.3 Å². The van der Waals surface area contributed by atoms with E-state index in [1.165, 1.54) is 4.68 Å². The molecule has 1 spiro atoms. The van der Waals surface area contributed by atoms with E-state index >= 15 is 0 Å². The average molecular weight is 732 g/mol. The van der Waals surface area contributed by atoms with E-state index in [9.17, 15) is 24.3 Å². The Kier molecular flexibility index (Phi) is 8.44. The van der Waals surface area contributed by atoms with Crippen molar-refractivity contribution in [2.24, 2.45) is 5.92 Å². The highest BCUT2D eigenvalue weighted by Crippen LogP contribution is 2.60. The van der Waals surface area contributed by atoms with Crippen LogP contribution in [-0.4, -0.2) is 70.0 Å². The zero-order valence-corrected chi connectivity index (χ0v) is 29.8. The van der Waals surface area contributed by atoms with E-state index in [1.54, 1.807) is 22.1 Å². The molecule has 250 valence electrons. The van der Waals surface area contributed by atoms with Crippen LogP contribution >= 0.6 is 15.9 Å². The third-order valence-electron chi connectivity index (χ3n) is 10.4. The molecule has 5 atom stereocenters. The second-order valence-electron chi connectivity index (χ2n) is 13.8. The van der Waals surface area contributed by atoms with Gasteiger partial charge in [-0.05, 0) is 67.9 Å². The number of halogens is 1. The van der Waals surface area contributed by atoms with Crippen molar-refractivity contribution in [3.8, 4) is 5.69 Å². The quantitative estimate of drug-likeness (QED) is 0.260. The molecule has 3 aliphatic rings. The highest BCUT2D eigenvalue weighted by molar-refractivity contribution is 9.10. The second kappa shape index (κ2) is 12.3. The molecule has 2 amide bonds. The number of aliphatic hydroxyl groups is 1. The average Bonchev–Trinajstić information content (AvgIpc) is 3.72. The highest BCUT2D eigenvalue weighted by Gasteiger charge is 2.66. The molecule has 2 fully saturated rings. The number of rotatable bonds is 7. The molecule has 10 nitrogen and oxygen atoms in total. The van der Waals surface area contributed by atoms with Crippen LogP contribution in [0.5, 0.6) is 0 Å². The van der Waals surface area contributed by atoms with E-state index in [1.807, 2.05) is 80.7 Å². The number of carbonyl (C=O) groups is 2. The predicted molar refractivity (Wildman–Crippen MR) is 188 cm³/mol. The van der Waals surface area contributed by atoms with E-state index in [0.29, 0.717) is 28.9 Å². The van der Waals surface area contributed by atoms with Crippen molar-refractivity contribution in [3.05, 3.63) is 98.9 Å². The summed E-state index contributed by atoms with van der Waals surface area (Å²) in [6.45, 7) is 6.33. The smallest absolute Gasteiger partial charge is 0.279 e. The Balaban J connectivity index is 1.24. The van der Waals surface area contributed by atoms with Crippen molar-refractivity contribution < 1.29 is 24.2 Å². The van der Waals surface area contributed by atoms with Gasteiger partial charge in [0.2, 0.25) is 5.91 Å². The molecule has 7 rings (SSSR count). The highest BCUT2D eigenvalue weighted by atomic mass is 79.9. The molecular weight excluding hydrogens is 692 g/mol. The molecule has 12 heteroatoms. The van der Waals surface area contributed by atoms with Crippen molar-refractivity contribution in [2.75, 3.05) is 18.1 Å². The van der Waals surface area contributed by atoms with Gasteiger partial charge in [0.25, 0.3) is 11.5 Å². The fourth-order valence-corrected chi connectivity index (χ4v) is 11.2. The number of aliphatic hydroxyl groups excluding tert-OH is 1. The molecule has 4 aromatic rings. The molecule has 2 saturated heterocycles. The fraction of sp³-hybridized carbons (Fsp3) is 0.389. The minimum Gasteiger partial charge on any atom is -0.432 e. The Labute approximate surface area is 288 Å². The summed E-state index contributed by atoms with van der Waals surface area (Å²) in [5, 5.41) is 15.6. The minimum absolute atomic E-state index is 0.0242. The molecule has 0 radical (unpaired) electrons. The first-order valence-corrected chi connectivity index (χ1v) is 20.2. The lowest BCUT2D eigenvalue weighted by Gasteiger charge is -2.32. The van der Waals surface area contributed by atoms with Crippen LogP contribution in [0.15, 0.2) is 82.2 Å². The van der Waals surface area contributed by atoms with E-state index in [-0.39, 0.29) is 43.0 Å². The van der Waals surface area contributed by atoms with Crippen molar-refractivity contribution >= 4 is 52.5 Å². The molecule has 0 saturated carbocycles. The van der Waals surface area contributed by atoms with Crippen LogP contribution in [0, 0.1) is 5.92 Å². The van der Waals surface area contributed by atoms with Crippen molar-refractivity contribution in [3.63, 3.8) is 0 Å². The molecule has 1 aromatic heterocycles. The first-order chi connectivity index (χ1) is 22.9. The summed E-state index contributed by atoms with van der Waals surface area (Å²) < 4.78 is 9.02. The topological polar surface area (TPSA) is 125 Å². The van der Waals surface area contributed by atoms with Crippen LogP contribution in [0.4, 0.5) is 5.69 Å². The molecule has 0 aliphatic carbocycles. The van der Waals surface area contributed by atoms with Crippen LogP contribution in [0.25, 0.3) is 16.5 Å². The van der Waals surface area contributed by atoms with Crippen LogP contribution < -0.4 is 10.5 Å². The Morgan fingerprint density at radius 1 is 1.10 bits per heavy atom. The van der Waals surface area contributed by atoms with Gasteiger partial charge in [-0.1, -0.05) is 53.2 Å². The van der Waals surface area contributed by atoms with Crippen molar-refractivity contribution in [1.29, 1.82) is 0 Å². The Morgan fingerprint density at radius 3 is 2.67 bits per heavy atom. The van der Waals surface area contributed by atoms with Crippen LogP contribution in [0.3, 0.4) is 0 Å². The summed E-state index contributed by atoms with van der Waals surface area (Å²) in [5.41, 5.74) is 0.741. The van der Waals surface area contributed by atoms with Gasteiger partial charge in [-0.2, -0.15) is 9.78 Å². The lowest BCUT2D eigenvalue weighted by Crippen LogP contribution is -2.46. The number of amides is 2. The van der Waals surface area contributed by atoms with Gasteiger partial charge in [-0.25, -0.2) is 0 Å². The Morgan fingerprint density at radius 2 is 1.90 bits per heavy atom. The van der Waals surface area contributed by atoms with E-state index in [4.69, 9.17) is 4.74 Å². The Hall–Kier alpha value is -3.68. The summed E-state index contributed by atoms with van der Waals surface area (Å²) in [6.07, 6.45) is 2.59. The zero-order chi connectivity index (χ0) is 34.0. The number of benzene rings is 3. The van der Waals surface area contributed by atoms with Gasteiger partial charge in [0.15, 0.2) is 13.9 Å². The third kappa shape index (κ3) is 5.34. The Bertz CT molecular complexity index is 1980. The monoisotopic (exact) mass is 730 g/mol. The van der Waals surface area contributed by atoms with E-state index in [2.05, 4.69) is 21.0 Å². The van der Waals surface area contributed by atoms with Gasteiger partial charge >= 0.3 is 0 Å². The number of ether oxygens (including phenoxy) is 1. The summed E-state index contributed by atoms with van der Waals surface area (Å²) in [7, 11) is -2.97. The zero-order valence-electron chi connectivity index (χ0n) is 27.2. The summed E-state index contributed by atoms with van der Waals surface area (Å²) >= 11 is 3.60. The number of hydrogen-bond acceptors (Lipinski definition) is 7. The number of carbonyl (C=O) groups excluding carboxylic acids is 2. The number of hydrogen-bond donors (Lipinski definition) is 2. The lowest BCUT2D eigenvalue weighted by atomic mass is 9.82. The number of fused-ring (bicyclic) bond motifs is 3. The minimum atomic E-state index is -2.97. The van der Waals surface area contributed by atoms with Crippen LogP contribution in [0.1, 0.15) is 37.3 Å². The van der Waals surface area contributed by atoms with Crippen LogP contribution in [0.2, 0.25) is 18.6 Å². The molecule has 0 unspecified atom stereocenters. The maximum Gasteiger partial charge on any atom is 0.279 e. The fourth-order valence-electron chi connectivity index (χ4n) is 8.29.